The lowest BCUT2D eigenvalue weighted by molar-refractivity contribution is -0.923. The second kappa shape index (κ2) is 7.28. The van der Waals surface area contributed by atoms with Gasteiger partial charge in [0.05, 0.1) is 44.1 Å². The summed E-state index contributed by atoms with van der Waals surface area (Å²) in [5.74, 6) is 1.77. The minimum absolute atomic E-state index is 0.242. The van der Waals surface area contributed by atoms with E-state index in [1.807, 2.05) is 0 Å². The van der Waals surface area contributed by atoms with E-state index in [0.717, 1.165) is 30.3 Å². The van der Waals surface area contributed by atoms with Gasteiger partial charge in [-0.2, -0.15) is 0 Å². The molecule has 1 saturated heterocycles. The van der Waals surface area contributed by atoms with Crippen LogP contribution < -0.4 is 15.0 Å². The number of hydrogen-bond donors (Lipinski definition) is 2. The van der Waals surface area contributed by atoms with Gasteiger partial charge < -0.3 is 15.0 Å². The Kier molecular flexibility index (Phi) is 5.65. The average molecular weight is 292 g/mol. The van der Waals surface area contributed by atoms with Crippen LogP contribution in [0.15, 0.2) is 24.3 Å². The smallest absolute Gasteiger partial charge is 0.119 e. The molecule has 1 fully saturated rings. The number of ether oxygens (including phenoxy) is 1. The number of nitrogens with one attached hydrogen (secondary N) is 1. The maximum absolute atomic E-state index is 5.69. The minimum atomic E-state index is 0.242. The molecule has 3 nitrogen and oxygen atoms in total. The molecule has 3 heteroatoms. The topological polar surface area (TPSA) is 30.3 Å². The van der Waals surface area contributed by atoms with Gasteiger partial charge in [-0.1, -0.05) is 6.92 Å². The number of rotatable bonds is 5. The highest BCUT2D eigenvalue weighted by Crippen LogP contribution is 2.13. The average Bonchev–Trinajstić information content (AvgIpc) is 2.42. The first-order valence-electron chi connectivity index (χ1n) is 8.37. The minimum Gasteiger partial charge on any atom is -0.491 e. The lowest BCUT2D eigenvalue weighted by Crippen LogP contribution is -3.16. The quantitative estimate of drug-likeness (QED) is 0.828. The summed E-state index contributed by atoms with van der Waals surface area (Å²) in [6.07, 6.45) is 1.56. The van der Waals surface area contributed by atoms with E-state index < -0.39 is 0 Å². The highest BCUT2D eigenvalue weighted by atomic mass is 16.5. The van der Waals surface area contributed by atoms with Gasteiger partial charge in [0.25, 0.3) is 0 Å². The zero-order valence-electron chi connectivity index (χ0n) is 14.2. The number of likely N-dealkylation sites (tertiary alicyclic amines) is 1. The maximum Gasteiger partial charge on any atom is 0.119 e. The van der Waals surface area contributed by atoms with Crippen molar-refractivity contribution >= 4 is 0 Å². The van der Waals surface area contributed by atoms with E-state index in [1.54, 1.807) is 4.90 Å². The van der Waals surface area contributed by atoms with E-state index in [0.29, 0.717) is 0 Å². The van der Waals surface area contributed by atoms with Crippen molar-refractivity contribution in [2.45, 2.75) is 58.8 Å². The number of quaternary nitrogens is 2. The second-order valence-corrected chi connectivity index (χ2v) is 7.08. The molecule has 1 aliphatic heterocycles. The molecule has 21 heavy (non-hydrogen) atoms. The van der Waals surface area contributed by atoms with Crippen molar-refractivity contribution in [3.8, 4) is 5.75 Å². The Morgan fingerprint density at radius 3 is 2.52 bits per heavy atom. The van der Waals surface area contributed by atoms with Crippen LogP contribution in [-0.4, -0.2) is 31.8 Å². The summed E-state index contributed by atoms with van der Waals surface area (Å²) in [5, 5.41) is 2.53. The molecule has 3 N–H and O–H groups in total. The standard InChI is InChI=1S/C18H30N2O/c1-13(2)21-17-8-6-16(7-9-17)11-19-18-10-15(4)20(5)12-14(18)3/h6-9,13-15,18-19H,10-12H2,1-5H3/p+2/t14-,15-,18+/m1/s1. The summed E-state index contributed by atoms with van der Waals surface area (Å²) in [7, 11) is 2.32. The highest BCUT2D eigenvalue weighted by molar-refractivity contribution is 5.26. The molecule has 0 spiro atoms. The molecule has 0 aromatic heterocycles. The molecule has 0 saturated carbocycles. The molecule has 2 rings (SSSR count). The first-order chi connectivity index (χ1) is 9.95. The fraction of sp³-hybridized carbons (Fsp3) is 0.667. The Bertz CT molecular complexity index is 429. The van der Waals surface area contributed by atoms with Crippen molar-refractivity contribution in [3.63, 3.8) is 0 Å². The molecule has 4 atom stereocenters. The first kappa shape index (κ1) is 16.3. The number of piperidine rings is 1. The van der Waals surface area contributed by atoms with Gasteiger partial charge in [0.15, 0.2) is 0 Å². The Morgan fingerprint density at radius 1 is 1.24 bits per heavy atom. The molecular formula is C18H32N2O+2. The van der Waals surface area contributed by atoms with Crippen LogP contribution in [0.1, 0.15) is 39.7 Å². The number of nitrogens with two attached hydrogens (primary N) is 1. The summed E-state index contributed by atoms with van der Waals surface area (Å²) in [6.45, 7) is 11.3. The molecular weight excluding hydrogens is 260 g/mol. The van der Waals surface area contributed by atoms with Gasteiger partial charge in [-0.15, -0.1) is 0 Å². The zero-order chi connectivity index (χ0) is 15.4. The lowest BCUT2D eigenvalue weighted by Gasteiger charge is -2.35. The molecule has 0 amide bonds. The number of hydrogen-bond acceptors (Lipinski definition) is 1. The largest absolute Gasteiger partial charge is 0.491 e. The van der Waals surface area contributed by atoms with Crippen LogP contribution in [-0.2, 0) is 6.54 Å². The Labute approximate surface area is 129 Å². The number of benzene rings is 1. The van der Waals surface area contributed by atoms with Gasteiger partial charge in [0, 0.05) is 5.56 Å². The summed E-state index contributed by atoms with van der Waals surface area (Å²) in [5.41, 5.74) is 1.39. The SMILES string of the molecule is CC(C)Oc1ccc(C[NH2+][C@H]2C[C@@H](C)[NH+](C)C[C@H]2C)cc1. The van der Waals surface area contributed by atoms with Crippen molar-refractivity contribution in [1.82, 2.24) is 0 Å². The van der Waals surface area contributed by atoms with E-state index in [4.69, 9.17) is 4.74 Å². The fourth-order valence-corrected chi connectivity index (χ4v) is 3.29. The normalized spacial score (nSPS) is 29.6. The predicted molar refractivity (Wildman–Crippen MR) is 86.6 cm³/mol. The van der Waals surface area contributed by atoms with Crippen LogP contribution in [0.2, 0.25) is 0 Å². The van der Waals surface area contributed by atoms with Gasteiger partial charge in [-0.3, -0.25) is 0 Å². The van der Waals surface area contributed by atoms with Gasteiger partial charge in [-0.05, 0) is 45.0 Å². The predicted octanol–water partition coefficient (Wildman–Crippen LogP) is 0.849. The molecule has 0 aliphatic carbocycles. The van der Waals surface area contributed by atoms with Crippen molar-refractivity contribution in [1.29, 1.82) is 0 Å². The molecule has 0 bridgehead atoms. The van der Waals surface area contributed by atoms with Gasteiger partial charge in [-0.25, -0.2) is 0 Å². The van der Waals surface area contributed by atoms with Gasteiger partial charge >= 0.3 is 0 Å². The fourth-order valence-electron chi connectivity index (χ4n) is 3.29. The Morgan fingerprint density at radius 2 is 1.90 bits per heavy atom. The summed E-state index contributed by atoms with van der Waals surface area (Å²) in [6, 6.07) is 10.1. The summed E-state index contributed by atoms with van der Waals surface area (Å²) < 4.78 is 5.69. The molecule has 118 valence electrons. The van der Waals surface area contributed by atoms with Crippen molar-refractivity contribution in [2.24, 2.45) is 5.92 Å². The molecule has 1 aromatic rings. The van der Waals surface area contributed by atoms with Crippen LogP contribution in [0.5, 0.6) is 5.75 Å². The van der Waals surface area contributed by atoms with Crippen LogP contribution in [0, 0.1) is 5.92 Å². The van der Waals surface area contributed by atoms with Crippen LogP contribution >= 0.6 is 0 Å². The van der Waals surface area contributed by atoms with Crippen LogP contribution in [0.4, 0.5) is 0 Å². The molecule has 1 heterocycles. The molecule has 1 aliphatic rings. The molecule has 1 unspecified atom stereocenters. The van der Waals surface area contributed by atoms with E-state index in [-0.39, 0.29) is 6.10 Å². The zero-order valence-corrected chi connectivity index (χ0v) is 14.2. The Hall–Kier alpha value is -1.06. The summed E-state index contributed by atoms with van der Waals surface area (Å²) in [4.78, 5) is 1.68. The van der Waals surface area contributed by atoms with E-state index >= 15 is 0 Å². The summed E-state index contributed by atoms with van der Waals surface area (Å²) >= 11 is 0. The van der Waals surface area contributed by atoms with E-state index in [9.17, 15) is 0 Å². The lowest BCUT2D eigenvalue weighted by atomic mass is 9.90. The highest BCUT2D eigenvalue weighted by Gasteiger charge is 2.34. The van der Waals surface area contributed by atoms with Crippen molar-refractivity contribution in [2.75, 3.05) is 13.6 Å². The van der Waals surface area contributed by atoms with Crippen molar-refractivity contribution in [3.05, 3.63) is 29.8 Å². The van der Waals surface area contributed by atoms with E-state index in [1.165, 1.54) is 18.5 Å². The first-order valence-corrected chi connectivity index (χ1v) is 8.37. The second-order valence-electron chi connectivity index (χ2n) is 7.08. The van der Waals surface area contributed by atoms with Gasteiger partial charge in [0.1, 0.15) is 12.3 Å². The maximum atomic E-state index is 5.69. The third-order valence-corrected chi connectivity index (χ3v) is 4.79. The Balaban J connectivity index is 1.85. The monoisotopic (exact) mass is 292 g/mol. The van der Waals surface area contributed by atoms with Crippen LogP contribution in [0.3, 0.4) is 0 Å². The third-order valence-electron chi connectivity index (χ3n) is 4.79. The van der Waals surface area contributed by atoms with E-state index in [2.05, 4.69) is 64.3 Å². The third kappa shape index (κ3) is 4.72. The van der Waals surface area contributed by atoms with Crippen LogP contribution in [0.25, 0.3) is 0 Å². The molecule has 0 radical (unpaired) electrons. The van der Waals surface area contributed by atoms with Crippen molar-refractivity contribution < 1.29 is 15.0 Å². The van der Waals surface area contributed by atoms with Gasteiger partial charge in [0.2, 0.25) is 0 Å². The molecule has 1 aromatic carbocycles.